The predicted molar refractivity (Wildman–Crippen MR) is 77.2 cm³/mol. The highest BCUT2D eigenvalue weighted by Gasteiger charge is 2.08. The van der Waals surface area contributed by atoms with Crippen LogP contribution in [0.25, 0.3) is 0 Å². The minimum Gasteiger partial charge on any atom is -0.376 e. The molecule has 0 aliphatic carbocycles. The fourth-order valence-corrected chi connectivity index (χ4v) is 1.88. The average Bonchev–Trinajstić information content (AvgIpc) is 2.34. The summed E-state index contributed by atoms with van der Waals surface area (Å²) in [7, 11) is 1.84. The van der Waals surface area contributed by atoms with E-state index in [1.54, 1.807) is 4.90 Å². The zero-order valence-corrected chi connectivity index (χ0v) is 12.0. The number of rotatable bonds is 6. The van der Waals surface area contributed by atoms with Crippen LogP contribution < -0.4 is 5.32 Å². The Kier molecular flexibility index (Phi) is 5.99. The van der Waals surface area contributed by atoms with E-state index in [1.165, 1.54) is 0 Å². The third kappa shape index (κ3) is 4.57. The van der Waals surface area contributed by atoms with E-state index in [0.717, 1.165) is 30.6 Å². The van der Waals surface area contributed by atoms with E-state index in [0.29, 0.717) is 11.6 Å². The molecule has 0 spiro atoms. The van der Waals surface area contributed by atoms with Gasteiger partial charge >= 0.3 is 0 Å². The summed E-state index contributed by atoms with van der Waals surface area (Å²) in [5.74, 6) is 0.109. The van der Waals surface area contributed by atoms with Crippen LogP contribution in [-0.2, 0) is 4.79 Å². The molecule has 18 heavy (non-hydrogen) atoms. The molecule has 4 heteroatoms. The first-order valence-electron chi connectivity index (χ1n) is 6.28. The van der Waals surface area contributed by atoms with Crippen LogP contribution in [0, 0.1) is 6.92 Å². The lowest BCUT2D eigenvalue weighted by atomic mass is 10.2. The number of benzene rings is 1. The van der Waals surface area contributed by atoms with Crippen molar-refractivity contribution >= 4 is 23.2 Å². The number of unbranched alkanes of at least 4 members (excludes halogenated alkanes) is 1. The second kappa shape index (κ2) is 7.27. The lowest BCUT2D eigenvalue weighted by molar-refractivity contribution is -0.128. The zero-order chi connectivity index (χ0) is 13.5. The largest absolute Gasteiger partial charge is 0.376 e. The van der Waals surface area contributed by atoms with Gasteiger partial charge in [0.2, 0.25) is 5.91 Å². The Morgan fingerprint density at radius 1 is 1.44 bits per heavy atom. The number of amides is 1. The fraction of sp³-hybridized carbons (Fsp3) is 0.500. The molecule has 0 heterocycles. The summed E-state index contributed by atoms with van der Waals surface area (Å²) in [5, 5.41) is 3.86. The molecule has 0 radical (unpaired) electrons. The second-order valence-corrected chi connectivity index (χ2v) is 4.92. The lowest BCUT2D eigenvalue weighted by Crippen LogP contribution is -2.33. The normalized spacial score (nSPS) is 10.2. The molecule has 100 valence electrons. The van der Waals surface area contributed by atoms with Crippen LogP contribution >= 0.6 is 11.6 Å². The highest BCUT2D eigenvalue weighted by atomic mass is 35.5. The molecule has 1 rings (SSSR count). The molecule has 0 aliphatic rings. The van der Waals surface area contributed by atoms with E-state index in [9.17, 15) is 4.79 Å². The molecule has 0 fully saturated rings. The van der Waals surface area contributed by atoms with Gasteiger partial charge in [0.15, 0.2) is 0 Å². The molecule has 1 aromatic rings. The summed E-state index contributed by atoms with van der Waals surface area (Å²) in [6.07, 6.45) is 2.14. The van der Waals surface area contributed by atoms with Gasteiger partial charge in [-0.25, -0.2) is 0 Å². The molecular formula is C14H21ClN2O. The minimum absolute atomic E-state index is 0.109. The zero-order valence-electron chi connectivity index (χ0n) is 11.3. The van der Waals surface area contributed by atoms with Gasteiger partial charge in [0.1, 0.15) is 0 Å². The molecule has 0 aliphatic heterocycles. The van der Waals surface area contributed by atoms with E-state index in [2.05, 4.69) is 12.2 Å². The van der Waals surface area contributed by atoms with Crippen molar-refractivity contribution in [1.82, 2.24) is 4.90 Å². The van der Waals surface area contributed by atoms with Gasteiger partial charge in [-0.2, -0.15) is 0 Å². The Balaban J connectivity index is 2.47. The smallest absolute Gasteiger partial charge is 0.241 e. The first kappa shape index (κ1) is 14.8. The van der Waals surface area contributed by atoms with E-state index in [-0.39, 0.29) is 5.91 Å². The van der Waals surface area contributed by atoms with Gasteiger partial charge in [0, 0.05) is 24.3 Å². The van der Waals surface area contributed by atoms with Gasteiger partial charge < -0.3 is 10.2 Å². The fourth-order valence-electron chi connectivity index (χ4n) is 1.65. The number of nitrogens with zero attached hydrogens (tertiary/aromatic N) is 1. The van der Waals surface area contributed by atoms with Crippen molar-refractivity contribution in [2.75, 3.05) is 25.5 Å². The molecule has 0 atom stereocenters. The van der Waals surface area contributed by atoms with E-state index < -0.39 is 0 Å². The SMILES string of the molecule is CCCCN(C)C(=O)CNc1ccc(Cl)cc1C. The van der Waals surface area contributed by atoms with Crippen LogP contribution in [-0.4, -0.2) is 30.9 Å². The van der Waals surface area contributed by atoms with Crippen LogP contribution in [0.2, 0.25) is 5.02 Å². The van der Waals surface area contributed by atoms with Crippen LogP contribution in [0.15, 0.2) is 18.2 Å². The van der Waals surface area contributed by atoms with Crippen molar-refractivity contribution in [2.45, 2.75) is 26.7 Å². The van der Waals surface area contributed by atoms with Crippen LogP contribution in [0.1, 0.15) is 25.3 Å². The number of nitrogens with one attached hydrogen (secondary N) is 1. The Morgan fingerprint density at radius 2 is 2.17 bits per heavy atom. The lowest BCUT2D eigenvalue weighted by Gasteiger charge is -2.18. The van der Waals surface area contributed by atoms with Crippen LogP contribution in [0.5, 0.6) is 0 Å². The van der Waals surface area contributed by atoms with Crippen molar-refractivity contribution in [3.63, 3.8) is 0 Å². The summed E-state index contributed by atoms with van der Waals surface area (Å²) >= 11 is 5.88. The van der Waals surface area contributed by atoms with E-state index >= 15 is 0 Å². The average molecular weight is 269 g/mol. The number of aryl methyl sites for hydroxylation is 1. The molecule has 0 saturated heterocycles. The Hall–Kier alpha value is -1.22. The first-order valence-corrected chi connectivity index (χ1v) is 6.66. The number of anilines is 1. The van der Waals surface area contributed by atoms with Gasteiger partial charge in [-0.15, -0.1) is 0 Å². The molecule has 1 aromatic carbocycles. The molecule has 1 amide bonds. The Morgan fingerprint density at radius 3 is 2.78 bits per heavy atom. The molecule has 1 N–H and O–H groups in total. The quantitative estimate of drug-likeness (QED) is 0.858. The van der Waals surface area contributed by atoms with Gasteiger partial charge in [-0.3, -0.25) is 4.79 Å². The van der Waals surface area contributed by atoms with Crippen molar-refractivity contribution in [1.29, 1.82) is 0 Å². The summed E-state index contributed by atoms with van der Waals surface area (Å²) in [4.78, 5) is 13.6. The summed E-state index contributed by atoms with van der Waals surface area (Å²) < 4.78 is 0. The third-order valence-corrected chi connectivity index (χ3v) is 3.13. The predicted octanol–water partition coefficient (Wildman–Crippen LogP) is 3.32. The number of hydrogen-bond acceptors (Lipinski definition) is 2. The summed E-state index contributed by atoms with van der Waals surface area (Å²) in [6.45, 7) is 5.23. The third-order valence-electron chi connectivity index (χ3n) is 2.89. The highest BCUT2D eigenvalue weighted by molar-refractivity contribution is 6.30. The maximum absolute atomic E-state index is 11.8. The van der Waals surface area contributed by atoms with Crippen LogP contribution in [0.4, 0.5) is 5.69 Å². The molecule has 0 bridgehead atoms. The van der Waals surface area contributed by atoms with Gasteiger partial charge in [-0.1, -0.05) is 24.9 Å². The minimum atomic E-state index is 0.109. The molecular weight excluding hydrogens is 248 g/mol. The summed E-state index contributed by atoms with van der Waals surface area (Å²) in [6, 6.07) is 5.61. The van der Waals surface area contributed by atoms with Crippen molar-refractivity contribution in [2.24, 2.45) is 0 Å². The van der Waals surface area contributed by atoms with Gasteiger partial charge in [0.25, 0.3) is 0 Å². The standard InChI is InChI=1S/C14H21ClN2O/c1-4-5-8-17(3)14(18)10-16-13-7-6-12(15)9-11(13)2/h6-7,9,16H,4-5,8,10H2,1-3H3. The van der Waals surface area contributed by atoms with Crippen molar-refractivity contribution in [3.05, 3.63) is 28.8 Å². The maximum Gasteiger partial charge on any atom is 0.241 e. The Bertz CT molecular complexity index is 407. The van der Waals surface area contributed by atoms with E-state index in [4.69, 9.17) is 11.6 Å². The second-order valence-electron chi connectivity index (χ2n) is 4.48. The van der Waals surface area contributed by atoms with E-state index in [1.807, 2.05) is 32.2 Å². The van der Waals surface area contributed by atoms with Gasteiger partial charge in [-0.05, 0) is 37.1 Å². The number of likely N-dealkylation sites (N-methyl/N-ethyl adjacent to an activating group) is 1. The first-order chi connectivity index (χ1) is 8.54. The topological polar surface area (TPSA) is 32.3 Å². The highest BCUT2D eigenvalue weighted by Crippen LogP contribution is 2.19. The van der Waals surface area contributed by atoms with Crippen molar-refractivity contribution in [3.8, 4) is 0 Å². The number of carbonyl (C=O) groups excluding carboxylic acids is 1. The molecule has 0 aromatic heterocycles. The number of halogens is 1. The number of hydrogen-bond donors (Lipinski definition) is 1. The maximum atomic E-state index is 11.8. The molecule has 0 unspecified atom stereocenters. The van der Waals surface area contributed by atoms with Crippen LogP contribution in [0.3, 0.4) is 0 Å². The summed E-state index contributed by atoms with van der Waals surface area (Å²) in [5.41, 5.74) is 2.00. The van der Waals surface area contributed by atoms with Gasteiger partial charge in [0.05, 0.1) is 6.54 Å². The Labute approximate surface area is 114 Å². The number of carbonyl (C=O) groups is 1. The monoisotopic (exact) mass is 268 g/mol. The molecule has 3 nitrogen and oxygen atoms in total. The van der Waals surface area contributed by atoms with Crippen molar-refractivity contribution < 1.29 is 4.79 Å². The molecule has 0 saturated carbocycles.